The maximum absolute atomic E-state index is 12.1. The van der Waals surface area contributed by atoms with Crippen LogP contribution in [-0.4, -0.2) is 43.4 Å². The molecule has 118 valence electrons. The van der Waals surface area contributed by atoms with Gasteiger partial charge in [-0.05, 0) is 20.3 Å². The van der Waals surface area contributed by atoms with E-state index in [9.17, 15) is 13.2 Å². The minimum atomic E-state index is -3.82. The van der Waals surface area contributed by atoms with Crippen LogP contribution in [0.15, 0.2) is 17.3 Å². The zero-order valence-electron chi connectivity index (χ0n) is 12.4. The minimum absolute atomic E-state index is 0.0827. The van der Waals surface area contributed by atoms with E-state index in [4.69, 9.17) is 0 Å². The summed E-state index contributed by atoms with van der Waals surface area (Å²) < 4.78 is 26.4. The van der Waals surface area contributed by atoms with Gasteiger partial charge in [0.1, 0.15) is 4.90 Å². The van der Waals surface area contributed by atoms with Crippen molar-refractivity contribution in [3.8, 4) is 0 Å². The summed E-state index contributed by atoms with van der Waals surface area (Å²) in [5.41, 5.74) is 0. The van der Waals surface area contributed by atoms with Crippen molar-refractivity contribution in [2.45, 2.75) is 38.1 Å². The average Bonchev–Trinajstić information content (AvgIpc) is 2.45. The van der Waals surface area contributed by atoms with Gasteiger partial charge in [0.05, 0.1) is 18.4 Å². The molecule has 1 aromatic heterocycles. The number of carbonyl (C=O) groups is 1. The predicted molar refractivity (Wildman–Crippen MR) is 79.3 cm³/mol. The molecule has 0 saturated heterocycles. The van der Waals surface area contributed by atoms with Gasteiger partial charge in [0.25, 0.3) is 0 Å². The second kappa shape index (κ2) is 7.89. The molecule has 0 aromatic carbocycles. The van der Waals surface area contributed by atoms with Gasteiger partial charge in [-0.15, -0.1) is 0 Å². The number of sulfonamides is 1. The van der Waals surface area contributed by atoms with Gasteiger partial charge in [-0.3, -0.25) is 4.79 Å². The molecule has 21 heavy (non-hydrogen) atoms. The van der Waals surface area contributed by atoms with Crippen molar-refractivity contribution in [2.24, 2.45) is 0 Å². The molecule has 0 radical (unpaired) electrons. The Kier molecular flexibility index (Phi) is 6.50. The SMILES string of the molecule is CCCNc1ncc(S(=O)(=O)NC(C)C(=O)NCC)cn1. The monoisotopic (exact) mass is 315 g/mol. The fraction of sp³-hybridized carbons (Fsp3) is 0.583. The van der Waals surface area contributed by atoms with Crippen LogP contribution in [-0.2, 0) is 14.8 Å². The molecule has 1 aromatic rings. The van der Waals surface area contributed by atoms with Gasteiger partial charge in [0, 0.05) is 13.1 Å². The lowest BCUT2D eigenvalue weighted by atomic mass is 10.3. The molecule has 0 spiro atoms. The van der Waals surface area contributed by atoms with Crippen molar-refractivity contribution in [1.29, 1.82) is 0 Å². The number of likely N-dealkylation sites (N-methyl/N-ethyl adjacent to an activating group) is 1. The fourth-order valence-corrected chi connectivity index (χ4v) is 2.56. The van der Waals surface area contributed by atoms with Crippen molar-refractivity contribution in [3.63, 3.8) is 0 Å². The summed E-state index contributed by atoms with van der Waals surface area (Å²) in [4.78, 5) is 19.3. The molecule has 9 heteroatoms. The Hall–Kier alpha value is -1.74. The van der Waals surface area contributed by atoms with E-state index in [1.165, 1.54) is 19.3 Å². The largest absolute Gasteiger partial charge is 0.355 e. The molecule has 0 fully saturated rings. The van der Waals surface area contributed by atoms with Gasteiger partial charge in [-0.2, -0.15) is 4.72 Å². The van der Waals surface area contributed by atoms with E-state index in [0.29, 0.717) is 19.0 Å². The van der Waals surface area contributed by atoms with Crippen LogP contribution < -0.4 is 15.4 Å². The molecule has 1 rings (SSSR count). The Balaban J connectivity index is 2.76. The lowest BCUT2D eigenvalue weighted by Crippen LogP contribution is -2.44. The zero-order chi connectivity index (χ0) is 15.9. The first-order valence-electron chi connectivity index (χ1n) is 6.76. The average molecular weight is 315 g/mol. The first kappa shape index (κ1) is 17.3. The molecule has 1 unspecified atom stereocenters. The summed E-state index contributed by atoms with van der Waals surface area (Å²) in [5.74, 6) is -0.0178. The van der Waals surface area contributed by atoms with Crippen LogP contribution in [0.25, 0.3) is 0 Å². The van der Waals surface area contributed by atoms with Crippen molar-refractivity contribution >= 4 is 21.9 Å². The van der Waals surface area contributed by atoms with Crippen LogP contribution >= 0.6 is 0 Å². The smallest absolute Gasteiger partial charge is 0.244 e. The normalized spacial score (nSPS) is 12.7. The number of rotatable bonds is 8. The van der Waals surface area contributed by atoms with E-state index in [2.05, 4.69) is 25.3 Å². The molecule has 0 aliphatic rings. The van der Waals surface area contributed by atoms with Crippen LogP contribution in [0, 0.1) is 0 Å². The molecular formula is C12H21N5O3S. The van der Waals surface area contributed by atoms with Crippen LogP contribution in [0.5, 0.6) is 0 Å². The van der Waals surface area contributed by atoms with E-state index in [0.717, 1.165) is 6.42 Å². The maximum atomic E-state index is 12.1. The number of hydrogen-bond acceptors (Lipinski definition) is 6. The molecule has 1 heterocycles. The molecular weight excluding hydrogens is 294 g/mol. The zero-order valence-corrected chi connectivity index (χ0v) is 13.2. The molecule has 3 N–H and O–H groups in total. The first-order valence-corrected chi connectivity index (χ1v) is 8.25. The van der Waals surface area contributed by atoms with E-state index in [1.807, 2.05) is 6.92 Å². The quantitative estimate of drug-likeness (QED) is 0.627. The standard InChI is InChI=1S/C12H21N5O3S/c1-4-6-14-12-15-7-10(8-16-12)21(19,20)17-9(3)11(18)13-5-2/h7-9,17H,4-6H2,1-3H3,(H,13,18)(H,14,15,16). The van der Waals surface area contributed by atoms with Gasteiger partial charge >= 0.3 is 0 Å². The van der Waals surface area contributed by atoms with Gasteiger partial charge in [-0.25, -0.2) is 18.4 Å². The third-order valence-electron chi connectivity index (χ3n) is 2.55. The highest BCUT2D eigenvalue weighted by Gasteiger charge is 2.22. The Morgan fingerprint density at radius 3 is 2.43 bits per heavy atom. The van der Waals surface area contributed by atoms with Crippen LogP contribution in [0.3, 0.4) is 0 Å². The Labute approximate surface area is 124 Å². The summed E-state index contributed by atoms with van der Waals surface area (Å²) in [5, 5.41) is 5.49. The van der Waals surface area contributed by atoms with Crippen molar-refractivity contribution in [1.82, 2.24) is 20.0 Å². The van der Waals surface area contributed by atoms with E-state index in [-0.39, 0.29) is 10.8 Å². The van der Waals surface area contributed by atoms with E-state index in [1.54, 1.807) is 6.92 Å². The lowest BCUT2D eigenvalue weighted by molar-refractivity contribution is -0.122. The third kappa shape index (κ3) is 5.27. The van der Waals surface area contributed by atoms with Gasteiger partial charge in [0.2, 0.25) is 21.9 Å². The lowest BCUT2D eigenvalue weighted by Gasteiger charge is -2.13. The van der Waals surface area contributed by atoms with Crippen LogP contribution in [0.1, 0.15) is 27.2 Å². The minimum Gasteiger partial charge on any atom is -0.355 e. The fourth-order valence-electron chi connectivity index (χ4n) is 1.46. The summed E-state index contributed by atoms with van der Waals surface area (Å²) in [6, 6.07) is -0.868. The van der Waals surface area contributed by atoms with Crippen molar-refractivity contribution in [2.75, 3.05) is 18.4 Å². The Morgan fingerprint density at radius 2 is 1.90 bits per heavy atom. The molecule has 0 aliphatic carbocycles. The second-order valence-electron chi connectivity index (χ2n) is 4.41. The summed E-state index contributed by atoms with van der Waals surface area (Å²) in [7, 11) is -3.82. The number of anilines is 1. The third-order valence-corrected chi connectivity index (χ3v) is 4.04. The van der Waals surface area contributed by atoms with Crippen molar-refractivity contribution in [3.05, 3.63) is 12.4 Å². The van der Waals surface area contributed by atoms with Crippen molar-refractivity contribution < 1.29 is 13.2 Å². The Morgan fingerprint density at radius 1 is 1.29 bits per heavy atom. The summed E-state index contributed by atoms with van der Waals surface area (Å²) in [6.45, 7) is 6.37. The summed E-state index contributed by atoms with van der Waals surface area (Å²) in [6.07, 6.45) is 3.32. The molecule has 0 saturated carbocycles. The summed E-state index contributed by atoms with van der Waals surface area (Å²) >= 11 is 0. The van der Waals surface area contributed by atoms with E-state index < -0.39 is 16.1 Å². The highest BCUT2D eigenvalue weighted by Crippen LogP contribution is 2.08. The molecule has 1 atom stereocenters. The first-order chi connectivity index (χ1) is 9.90. The number of carbonyl (C=O) groups excluding carboxylic acids is 1. The highest BCUT2D eigenvalue weighted by atomic mass is 32.2. The number of aromatic nitrogens is 2. The van der Waals surface area contributed by atoms with Gasteiger partial charge in [0.15, 0.2) is 0 Å². The van der Waals surface area contributed by atoms with Crippen LogP contribution in [0.4, 0.5) is 5.95 Å². The second-order valence-corrected chi connectivity index (χ2v) is 6.12. The van der Waals surface area contributed by atoms with Gasteiger partial charge < -0.3 is 10.6 Å². The van der Waals surface area contributed by atoms with Gasteiger partial charge in [-0.1, -0.05) is 6.92 Å². The van der Waals surface area contributed by atoms with E-state index >= 15 is 0 Å². The predicted octanol–water partition coefficient (Wildman–Crippen LogP) is 0.101. The number of nitrogens with one attached hydrogen (secondary N) is 3. The topological polar surface area (TPSA) is 113 Å². The number of nitrogens with zero attached hydrogens (tertiary/aromatic N) is 2. The molecule has 0 bridgehead atoms. The number of amides is 1. The molecule has 1 amide bonds. The molecule has 8 nitrogen and oxygen atoms in total. The highest BCUT2D eigenvalue weighted by molar-refractivity contribution is 7.89. The maximum Gasteiger partial charge on any atom is 0.244 e. The van der Waals surface area contributed by atoms with Crippen LogP contribution in [0.2, 0.25) is 0 Å². The molecule has 0 aliphatic heterocycles. The Bertz CT molecular complexity index is 559. The number of hydrogen-bond donors (Lipinski definition) is 3.